The Morgan fingerprint density at radius 3 is 2.83 bits per heavy atom. The average molecular weight is 276 g/mol. The topological polar surface area (TPSA) is 62.7 Å². The molecular weight excluding hydrogens is 266 g/mol. The van der Waals surface area contributed by atoms with Gasteiger partial charge < -0.3 is 5.73 Å². The maximum absolute atomic E-state index is 8.88. The van der Waals surface area contributed by atoms with E-state index in [1.54, 1.807) is 12.3 Å². The van der Waals surface area contributed by atoms with Crippen LogP contribution in [0.1, 0.15) is 11.1 Å². The Morgan fingerprint density at radius 2 is 2.11 bits per heavy atom. The molecule has 5 heteroatoms. The van der Waals surface area contributed by atoms with Crippen LogP contribution >= 0.6 is 23.4 Å². The number of nitrogens with zero attached hydrogens (tertiary/aromatic N) is 2. The number of nitrogen functional groups attached to an aromatic ring is 1. The molecule has 1 aromatic carbocycles. The Bertz CT molecular complexity index is 607. The number of nitriles is 1. The molecule has 0 atom stereocenters. The van der Waals surface area contributed by atoms with Crippen LogP contribution in [0.4, 0.5) is 5.69 Å². The lowest BCUT2D eigenvalue weighted by Crippen LogP contribution is -1.96. The standard InChI is InChI=1S/C13H10ClN3S/c14-11-4-2-1-3-10(11)8-18-13-12(16)9(7-15)5-6-17-13/h1-6H,8,16H2. The van der Waals surface area contributed by atoms with Gasteiger partial charge in [0, 0.05) is 17.0 Å². The lowest BCUT2D eigenvalue weighted by atomic mass is 10.2. The zero-order chi connectivity index (χ0) is 13.0. The fourth-order valence-corrected chi connectivity index (χ4v) is 2.65. The minimum Gasteiger partial charge on any atom is -0.395 e. The molecule has 2 aromatic rings. The van der Waals surface area contributed by atoms with Crippen molar-refractivity contribution in [3.05, 3.63) is 52.7 Å². The summed E-state index contributed by atoms with van der Waals surface area (Å²) in [5.41, 5.74) is 7.76. The Labute approximate surface area is 115 Å². The van der Waals surface area contributed by atoms with Crippen LogP contribution < -0.4 is 5.73 Å². The van der Waals surface area contributed by atoms with Crippen LogP contribution in [-0.2, 0) is 5.75 Å². The van der Waals surface area contributed by atoms with E-state index in [4.69, 9.17) is 22.6 Å². The first kappa shape index (κ1) is 12.7. The van der Waals surface area contributed by atoms with E-state index >= 15 is 0 Å². The van der Waals surface area contributed by atoms with Crippen molar-refractivity contribution in [3.8, 4) is 6.07 Å². The second-order valence-corrected chi connectivity index (χ2v) is 4.94. The van der Waals surface area contributed by atoms with Gasteiger partial charge in [-0.3, -0.25) is 0 Å². The number of thioether (sulfide) groups is 1. The lowest BCUT2D eigenvalue weighted by molar-refractivity contribution is 1.13. The maximum atomic E-state index is 8.88. The minimum absolute atomic E-state index is 0.428. The molecule has 90 valence electrons. The molecule has 0 aliphatic heterocycles. The zero-order valence-electron chi connectivity index (χ0n) is 9.43. The third-order valence-corrected chi connectivity index (χ3v) is 3.82. The summed E-state index contributed by atoms with van der Waals surface area (Å²) in [6, 6.07) is 11.3. The minimum atomic E-state index is 0.428. The first-order valence-corrected chi connectivity index (χ1v) is 6.59. The van der Waals surface area contributed by atoms with Crippen LogP contribution in [0.5, 0.6) is 0 Å². The van der Waals surface area contributed by atoms with Gasteiger partial charge in [-0.2, -0.15) is 5.26 Å². The van der Waals surface area contributed by atoms with Crippen molar-refractivity contribution in [2.75, 3.05) is 5.73 Å². The number of pyridine rings is 1. The number of hydrogen-bond donors (Lipinski definition) is 1. The SMILES string of the molecule is N#Cc1ccnc(SCc2ccccc2Cl)c1N. The number of rotatable bonds is 3. The molecular formula is C13H10ClN3S. The largest absolute Gasteiger partial charge is 0.395 e. The smallest absolute Gasteiger partial charge is 0.121 e. The zero-order valence-corrected chi connectivity index (χ0v) is 11.0. The van der Waals surface area contributed by atoms with Gasteiger partial charge in [-0.15, -0.1) is 0 Å². The molecule has 0 unspecified atom stereocenters. The van der Waals surface area contributed by atoms with Gasteiger partial charge in [0.15, 0.2) is 0 Å². The number of anilines is 1. The lowest BCUT2D eigenvalue weighted by Gasteiger charge is -2.06. The van der Waals surface area contributed by atoms with Gasteiger partial charge in [0.2, 0.25) is 0 Å². The van der Waals surface area contributed by atoms with Crippen molar-refractivity contribution in [3.63, 3.8) is 0 Å². The fraction of sp³-hybridized carbons (Fsp3) is 0.0769. The maximum Gasteiger partial charge on any atom is 0.121 e. The van der Waals surface area contributed by atoms with Gasteiger partial charge in [-0.25, -0.2) is 4.98 Å². The summed E-state index contributed by atoms with van der Waals surface area (Å²) < 4.78 is 0. The first-order chi connectivity index (χ1) is 8.72. The highest BCUT2D eigenvalue weighted by Crippen LogP contribution is 2.29. The number of hydrogen-bond acceptors (Lipinski definition) is 4. The summed E-state index contributed by atoms with van der Waals surface area (Å²) >= 11 is 7.54. The highest BCUT2D eigenvalue weighted by atomic mass is 35.5. The molecule has 1 heterocycles. The highest BCUT2D eigenvalue weighted by molar-refractivity contribution is 7.98. The molecule has 0 saturated heterocycles. The quantitative estimate of drug-likeness (QED) is 0.871. The van der Waals surface area contributed by atoms with Crippen LogP contribution in [0, 0.1) is 11.3 Å². The van der Waals surface area contributed by atoms with Crippen molar-refractivity contribution in [1.82, 2.24) is 4.98 Å². The Hall–Kier alpha value is -1.70. The van der Waals surface area contributed by atoms with E-state index in [1.807, 2.05) is 30.3 Å². The highest BCUT2D eigenvalue weighted by Gasteiger charge is 2.07. The summed E-state index contributed by atoms with van der Waals surface area (Å²) in [6.45, 7) is 0. The molecule has 2 rings (SSSR count). The Balaban J connectivity index is 2.17. The molecule has 2 N–H and O–H groups in total. The molecule has 1 aromatic heterocycles. The van der Waals surface area contributed by atoms with Gasteiger partial charge in [-0.1, -0.05) is 41.6 Å². The molecule has 0 spiro atoms. The summed E-state index contributed by atoms with van der Waals surface area (Å²) in [5.74, 6) is 0.672. The van der Waals surface area contributed by atoms with E-state index in [1.165, 1.54) is 11.8 Å². The van der Waals surface area contributed by atoms with Crippen LogP contribution in [0.25, 0.3) is 0 Å². The molecule has 0 aliphatic carbocycles. The van der Waals surface area contributed by atoms with Gasteiger partial charge in [0.1, 0.15) is 11.1 Å². The number of benzene rings is 1. The van der Waals surface area contributed by atoms with Crippen molar-refractivity contribution in [1.29, 1.82) is 5.26 Å². The van der Waals surface area contributed by atoms with Gasteiger partial charge >= 0.3 is 0 Å². The second kappa shape index (κ2) is 5.76. The van der Waals surface area contributed by atoms with E-state index in [2.05, 4.69) is 4.98 Å². The average Bonchev–Trinajstić information content (AvgIpc) is 2.39. The van der Waals surface area contributed by atoms with E-state index in [-0.39, 0.29) is 0 Å². The molecule has 18 heavy (non-hydrogen) atoms. The third-order valence-electron chi connectivity index (χ3n) is 2.40. The van der Waals surface area contributed by atoms with Crippen LogP contribution in [-0.4, -0.2) is 4.98 Å². The molecule has 0 saturated carbocycles. The first-order valence-electron chi connectivity index (χ1n) is 5.23. The molecule has 3 nitrogen and oxygen atoms in total. The molecule has 0 fully saturated rings. The van der Waals surface area contributed by atoms with Crippen LogP contribution in [0.2, 0.25) is 5.02 Å². The van der Waals surface area contributed by atoms with Crippen molar-refractivity contribution < 1.29 is 0 Å². The molecule has 0 aliphatic rings. The summed E-state index contributed by atoms with van der Waals surface area (Å²) in [5, 5.41) is 10.3. The monoisotopic (exact) mass is 275 g/mol. The number of nitrogens with two attached hydrogens (primary N) is 1. The van der Waals surface area contributed by atoms with E-state index in [9.17, 15) is 0 Å². The van der Waals surface area contributed by atoms with Gasteiger partial charge in [-0.05, 0) is 17.7 Å². The molecule has 0 amide bonds. The van der Waals surface area contributed by atoms with E-state index < -0.39 is 0 Å². The van der Waals surface area contributed by atoms with E-state index in [0.29, 0.717) is 22.0 Å². The Kier molecular flexibility index (Phi) is 4.08. The summed E-state index contributed by atoms with van der Waals surface area (Å²) in [7, 11) is 0. The predicted molar refractivity (Wildman–Crippen MR) is 74.4 cm³/mol. The molecule has 0 radical (unpaired) electrons. The Morgan fingerprint density at radius 1 is 1.33 bits per heavy atom. The van der Waals surface area contributed by atoms with Gasteiger partial charge in [0.25, 0.3) is 0 Å². The summed E-state index contributed by atoms with van der Waals surface area (Å²) in [6.07, 6.45) is 1.59. The van der Waals surface area contributed by atoms with Crippen molar-refractivity contribution in [2.45, 2.75) is 10.8 Å². The summed E-state index contributed by atoms with van der Waals surface area (Å²) in [4.78, 5) is 4.18. The number of aromatic nitrogens is 1. The third kappa shape index (κ3) is 2.76. The second-order valence-electron chi connectivity index (χ2n) is 3.57. The predicted octanol–water partition coefficient (Wildman–Crippen LogP) is 3.48. The van der Waals surface area contributed by atoms with Gasteiger partial charge in [0.05, 0.1) is 11.3 Å². The normalized spacial score (nSPS) is 10.0. The van der Waals surface area contributed by atoms with E-state index in [0.717, 1.165) is 10.6 Å². The van der Waals surface area contributed by atoms with Crippen molar-refractivity contribution in [2.24, 2.45) is 0 Å². The van der Waals surface area contributed by atoms with Crippen molar-refractivity contribution >= 4 is 29.1 Å². The van der Waals surface area contributed by atoms with Crippen LogP contribution in [0.15, 0.2) is 41.6 Å². The molecule has 0 bridgehead atoms. The number of halogens is 1. The fourth-order valence-electron chi connectivity index (χ4n) is 1.43. The van der Waals surface area contributed by atoms with Crippen LogP contribution in [0.3, 0.4) is 0 Å².